The molecule has 0 unspecified atom stereocenters. The van der Waals surface area contributed by atoms with E-state index in [1.54, 1.807) is 19.2 Å². The number of benzene rings is 2. The number of Topliss-reactive ketones (excluding diaryl/α,β-unsaturated/α-hetero) is 1. The Morgan fingerprint density at radius 1 is 0.969 bits per heavy atom. The third-order valence-corrected chi connectivity index (χ3v) is 5.54. The molecule has 0 atom stereocenters. The molecule has 1 aliphatic heterocycles. The number of amides is 1. The first kappa shape index (κ1) is 23.6. The molecule has 7 heteroatoms. The van der Waals surface area contributed by atoms with E-state index in [9.17, 15) is 9.59 Å². The molecule has 0 aromatic heterocycles. The van der Waals surface area contributed by atoms with Gasteiger partial charge in [-0.3, -0.25) is 14.5 Å². The fourth-order valence-corrected chi connectivity index (χ4v) is 3.88. The van der Waals surface area contributed by atoms with E-state index in [1.807, 2.05) is 44.2 Å². The van der Waals surface area contributed by atoms with Crippen molar-refractivity contribution in [3.63, 3.8) is 0 Å². The molecule has 1 heterocycles. The summed E-state index contributed by atoms with van der Waals surface area (Å²) in [6, 6.07) is 12.7. The lowest BCUT2D eigenvalue weighted by molar-refractivity contribution is -0.117. The summed E-state index contributed by atoms with van der Waals surface area (Å²) in [6.07, 6.45) is 1.48. The number of anilines is 1. The van der Waals surface area contributed by atoms with Gasteiger partial charge in [0.05, 0.1) is 32.6 Å². The Balaban J connectivity index is 1.53. The number of ketones is 1. The average Bonchev–Trinajstić information content (AvgIpc) is 2.81. The van der Waals surface area contributed by atoms with Gasteiger partial charge in [0, 0.05) is 17.5 Å². The van der Waals surface area contributed by atoms with E-state index in [-0.39, 0.29) is 24.2 Å². The molecule has 32 heavy (non-hydrogen) atoms. The van der Waals surface area contributed by atoms with Gasteiger partial charge in [-0.1, -0.05) is 0 Å². The Bertz CT molecular complexity index is 905. The molecule has 0 aliphatic carbocycles. The van der Waals surface area contributed by atoms with Gasteiger partial charge in [-0.25, -0.2) is 0 Å². The molecular weight excluding hydrogens is 408 g/mol. The number of nitrogens with one attached hydrogen (secondary N) is 1. The van der Waals surface area contributed by atoms with E-state index in [0.717, 1.165) is 18.6 Å². The largest absolute Gasteiger partial charge is 0.497 e. The van der Waals surface area contributed by atoms with Crippen LogP contribution in [0.4, 0.5) is 5.69 Å². The number of carbonyl (C=O) groups is 2. The van der Waals surface area contributed by atoms with Gasteiger partial charge < -0.3 is 19.5 Å². The smallest absolute Gasteiger partial charge is 0.238 e. The maximum atomic E-state index is 12.8. The SMILES string of the molecule is CCOc1ccc(OCC)c(NC(=O)CN2CCC(C(=O)c3ccc(OC)cc3)CC2)c1. The van der Waals surface area contributed by atoms with Gasteiger partial charge in [-0.15, -0.1) is 0 Å². The van der Waals surface area contributed by atoms with E-state index in [2.05, 4.69) is 10.2 Å². The van der Waals surface area contributed by atoms with Gasteiger partial charge in [0.1, 0.15) is 17.2 Å². The van der Waals surface area contributed by atoms with Gasteiger partial charge in [0.25, 0.3) is 0 Å². The maximum absolute atomic E-state index is 12.8. The van der Waals surface area contributed by atoms with Crippen molar-refractivity contribution in [1.82, 2.24) is 4.90 Å². The minimum Gasteiger partial charge on any atom is -0.497 e. The summed E-state index contributed by atoms with van der Waals surface area (Å²) in [7, 11) is 1.61. The summed E-state index contributed by atoms with van der Waals surface area (Å²) in [5, 5.41) is 2.95. The lowest BCUT2D eigenvalue weighted by atomic mass is 9.89. The standard InChI is InChI=1S/C25H32N2O5/c1-4-31-21-10-11-23(32-5-2)22(16-21)26-24(28)17-27-14-12-19(13-15-27)25(29)18-6-8-20(30-3)9-7-18/h6-11,16,19H,4-5,12-15,17H2,1-3H3,(H,26,28). The monoisotopic (exact) mass is 440 g/mol. The van der Waals surface area contributed by atoms with Gasteiger partial charge in [0.2, 0.25) is 5.91 Å². The molecule has 1 fully saturated rings. The van der Waals surface area contributed by atoms with E-state index >= 15 is 0 Å². The van der Waals surface area contributed by atoms with E-state index in [4.69, 9.17) is 14.2 Å². The first-order chi connectivity index (χ1) is 15.5. The zero-order valence-electron chi connectivity index (χ0n) is 19.1. The molecule has 0 bridgehead atoms. The molecule has 172 valence electrons. The summed E-state index contributed by atoms with van der Waals surface area (Å²) in [5.41, 5.74) is 1.31. The van der Waals surface area contributed by atoms with Crippen LogP contribution in [0.5, 0.6) is 17.2 Å². The van der Waals surface area contributed by atoms with Crippen LogP contribution in [0.1, 0.15) is 37.0 Å². The molecule has 1 aliphatic rings. The normalized spacial score (nSPS) is 14.6. The number of hydrogen-bond acceptors (Lipinski definition) is 6. The number of rotatable bonds is 10. The number of hydrogen-bond donors (Lipinski definition) is 1. The third-order valence-electron chi connectivity index (χ3n) is 5.54. The Kier molecular flexibility index (Phi) is 8.50. The van der Waals surface area contributed by atoms with Gasteiger partial charge >= 0.3 is 0 Å². The van der Waals surface area contributed by atoms with Crippen LogP contribution in [0.25, 0.3) is 0 Å². The van der Waals surface area contributed by atoms with Gasteiger partial charge in [0.15, 0.2) is 5.78 Å². The second-order valence-electron chi connectivity index (χ2n) is 7.72. The number of nitrogens with zero attached hydrogens (tertiary/aromatic N) is 1. The van der Waals surface area contributed by atoms with Crippen LogP contribution in [0.15, 0.2) is 42.5 Å². The highest BCUT2D eigenvalue weighted by molar-refractivity contribution is 5.98. The zero-order valence-corrected chi connectivity index (χ0v) is 19.1. The lowest BCUT2D eigenvalue weighted by Gasteiger charge is -2.30. The highest BCUT2D eigenvalue weighted by atomic mass is 16.5. The maximum Gasteiger partial charge on any atom is 0.238 e. The molecule has 0 spiro atoms. The lowest BCUT2D eigenvalue weighted by Crippen LogP contribution is -2.40. The van der Waals surface area contributed by atoms with Crippen LogP contribution in [-0.4, -0.2) is 56.5 Å². The van der Waals surface area contributed by atoms with E-state index in [0.29, 0.717) is 49.1 Å². The fourth-order valence-electron chi connectivity index (χ4n) is 3.88. The van der Waals surface area contributed by atoms with Crippen LogP contribution in [0.2, 0.25) is 0 Å². The molecule has 0 radical (unpaired) electrons. The summed E-state index contributed by atoms with van der Waals surface area (Å²) < 4.78 is 16.3. The molecule has 7 nitrogen and oxygen atoms in total. The highest BCUT2D eigenvalue weighted by Crippen LogP contribution is 2.30. The van der Waals surface area contributed by atoms with Crippen LogP contribution < -0.4 is 19.5 Å². The molecule has 2 aromatic rings. The number of carbonyl (C=O) groups excluding carboxylic acids is 2. The highest BCUT2D eigenvalue weighted by Gasteiger charge is 2.27. The summed E-state index contributed by atoms with van der Waals surface area (Å²) >= 11 is 0. The van der Waals surface area contributed by atoms with Crippen molar-refractivity contribution in [2.45, 2.75) is 26.7 Å². The van der Waals surface area contributed by atoms with Crippen molar-refractivity contribution in [2.24, 2.45) is 5.92 Å². The Labute approximate surface area is 189 Å². The number of methoxy groups -OCH3 is 1. The van der Waals surface area contributed by atoms with Crippen LogP contribution in [-0.2, 0) is 4.79 Å². The summed E-state index contributed by atoms with van der Waals surface area (Å²) in [5.74, 6) is 2.07. The van der Waals surface area contributed by atoms with Crippen LogP contribution in [0, 0.1) is 5.92 Å². The fraction of sp³-hybridized carbons (Fsp3) is 0.440. The van der Waals surface area contributed by atoms with E-state index < -0.39 is 0 Å². The Hall–Kier alpha value is -3.06. The Morgan fingerprint density at radius 3 is 2.25 bits per heavy atom. The third kappa shape index (κ3) is 6.23. The first-order valence-corrected chi connectivity index (χ1v) is 11.1. The van der Waals surface area contributed by atoms with E-state index in [1.165, 1.54) is 0 Å². The van der Waals surface area contributed by atoms with Crippen molar-refractivity contribution in [1.29, 1.82) is 0 Å². The van der Waals surface area contributed by atoms with Gasteiger partial charge in [-0.05, 0) is 76.2 Å². The van der Waals surface area contributed by atoms with Gasteiger partial charge in [-0.2, -0.15) is 0 Å². The second-order valence-corrected chi connectivity index (χ2v) is 7.72. The summed E-state index contributed by atoms with van der Waals surface area (Å²) in [6.45, 7) is 6.55. The number of piperidine rings is 1. The molecule has 1 saturated heterocycles. The Morgan fingerprint density at radius 2 is 1.62 bits per heavy atom. The number of likely N-dealkylation sites (tertiary alicyclic amines) is 1. The van der Waals surface area contributed by atoms with Crippen molar-refractivity contribution in [2.75, 3.05) is 45.3 Å². The molecular formula is C25H32N2O5. The minimum atomic E-state index is -0.112. The second kappa shape index (κ2) is 11.5. The van der Waals surface area contributed by atoms with Crippen LogP contribution in [0.3, 0.4) is 0 Å². The van der Waals surface area contributed by atoms with Crippen molar-refractivity contribution < 1.29 is 23.8 Å². The van der Waals surface area contributed by atoms with Crippen molar-refractivity contribution in [3.8, 4) is 17.2 Å². The predicted octanol–water partition coefficient (Wildman–Crippen LogP) is 4.03. The zero-order chi connectivity index (χ0) is 22.9. The molecule has 1 N–H and O–H groups in total. The molecule has 1 amide bonds. The minimum absolute atomic E-state index is 0.0184. The number of ether oxygens (including phenoxy) is 3. The quantitative estimate of drug-likeness (QED) is 0.562. The molecule has 3 rings (SSSR count). The van der Waals surface area contributed by atoms with Crippen molar-refractivity contribution in [3.05, 3.63) is 48.0 Å². The average molecular weight is 441 g/mol. The molecule has 2 aromatic carbocycles. The topological polar surface area (TPSA) is 77.1 Å². The molecule has 0 saturated carbocycles. The van der Waals surface area contributed by atoms with Crippen molar-refractivity contribution >= 4 is 17.4 Å². The first-order valence-electron chi connectivity index (χ1n) is 11.1. The van der Waals surface area contributed by atoms with Crippen LogP contribution >= 0.6 is 0 Å². The summed E-state index contributed by atoms with van der Waals surface area (Å²) in [4.78, 5) is 27.5. The predicted molar refractivity (Wildman–Crippen MR) is 124 cm³/mol.